The highest BCUT2D eigenvalue weighted by Crippen LogP contribution is 2.20. The van der Waals surface area contributed by atoms with E-state index in [-0.39, 0.29) is 5.54 Å². The van der Waals surface area contributed by atoms with Crippen molar-refractivity contribution in [3.63, 3.8) is 0 Å². The second kappa shape index (κ2) is 3.74. The monoisotopic (exact) mass is 230 g/mol. The maximum atomic E-state index is 4.33. The zero-order chi connectivity index (χ0) is 11.9. The lowest BCUT2D eigenvalue weighted by Crippen LogP contribution is -2.57. The number of fused-ring (bicyclic) bond motifs is 1. The molecule has 4 heteroatoms. The lowest BCUT2D eigenvalue weighted by Gasteiger charge is -2.40. The van der Waals surface area contributed by atoms with Crippen molar-refractivity contribution in [2.45, 2.75) is 19.4 Å². The van der Waals surface area contributed by atoms with Crippen molar-refractivity contribution in [2.24, 2.45) is 0 Å². The van der Waals surface area contributed by atoms with Crippen molar-refractivity contribution in [1.82, 2.24) is 14.7 Å². The fraction of sp³-hybridized carbons (Fsp3) is 0.462. The molecule has 2 aromatic rings. The number of piperazine rings is 1. The van der Waals surface area contributed by atoms with Crippen LogP contribution in [0.25, 0.3) is 5.65 Å². The van der Waals surface area contributed by atoms with Crippen LogP contribution in [-0.4, -0.2) is 34.6 Å². The number of imidazole rings is 1. The Hall–Kier alpha value is -1.55. The van der Waals surface area contributed by atoms with Gasteiger partial charge in [0.05, 0.1) is 0 Å². The van der Waals surface area contributed by atoms with E-state index in [4.69, 9.17) is 0 Å². The highest BCUT2D eigenvalue weighted by Gasteiger charge is 2.26. The van der Waals surface area contributed by atoms with Gasteiger partial charge in [-0.1, -0.05) is 6.07 Å². The van der Waals surface area contributed by atoms with Gasteiger partial charge in [-0.05, 0) is 26.0 Å². The summed E-state index contributed by atoms with van der Waals surface area (Å²) in [6, 6.07) is 6.28. The van der Waals surface area contributed by atoms with E-state index in [1.54, 1.807) is 0 Å². The summed E-state index contributed by atoms with van der Waals surface area (Å²) in [5, 5.41) is 3.53. The van der Waals surface area contributed by atoms with E-state index in [2.05, 4.69) is 45.6 Å². The molecule has 1 saturated heterocycles. The van der Waals surface area contributed by atoms with Crippen LogP contribution in [0.2, 0.25) is 0 Å². The number of rotatable bonds is 1. The van der Waals surface area contributed by atoms with Gasteiger partial charge in [0.2, 0.25) is 0 Å². The molecule has 2 aromatic heterocycles. The van der Waals surface area contributed by atoms with Crippen LogP contribution in [0.1, 0.15) is 13.8 Å². The summed E-state index contributed by atoms with van der Waals surface area (Å²) < 4.78 is 2.15. The molecule has 3 rings (SSSR count). The normalized spacial score (nSPS) is 19.8. The maximum absolute atomic E-state index is 4.33. The molecule has 1 aliphatic rings. The first kappa shape index (κ1) is 10.6. The molecule has 90 valence electrons. The Morgan fingerprint density at radius 1 is 1.35 bits per heavy atom. The molecule has 0 aliphatic carbocycles. The zero-order valence-electron chi connectivity index (χ0n) is 10.3. The third kappa shape index (κ3) is 1.89. The Morgan fingerprint density at radius 3 is 3.06 bits per heavy atom. The van der Waals surface area contributed by atoms with Gasteiger partial charge in [0.25, 0.3) is 0 Å². The minimum atomic E-state index is 0.168. The lowest BCUT2D eigenvalue weighted by molar-refractivity contribution is 0.351. The fourth-order valence-corrected chi connectivity index (χ4v) is 2.53. The number of hydrogen-bond acceptors (Lipinski definition) is 3. The molecule has 0 saturated carbocycles. The minimum absolute atomic E-state index is 0.168. The summed E-state index contributed by atoms with van der Waals surface area (Å²) in [5.74, 6) is 1.23. The summed E-state index contributed by atoms with van der Waals surface area (Å²) in [4.78, 5) is 6.75. The van der Waals surface area contributed by atoms with E-state index in [1.165, 1.54) is 5.82 Å². The van der Waals surface area contributed by atoms with Crippen molar-refractivity contribution in [2.75, 3.05) is 24.5 Å². The van der Waals surface area contributed by atoms with Gasteiger partial charge in [-0.2, -0.15) is 0 Å². The van der Waals surface area contributed by atoms with Gasteiger partial charge in [-0.3, -0.25) is 4.40 Å². The van der Waals surface area contributed by atoms with E-state index < -0.39 is 0 Å². The third-order valence-corrected chi connectivity index (χ3v) is 3.30. The molecule has 1 N–H and O–H groups in total. The van der Waals surface area contributed by atoms with Gasteiger partial charge in [-0.15, -0.1) is 0 Å². The van der Waals surface area contributed by atoms with Crippen LogP contribution in [0.5, 0.6) is 0 Å². The van der Waals surface area contributed by atoms with Crippen LogP contribution in [0, 0.1) is 0 Å². The van der Waals surface area contributed by atoms with Crippen molar-refractivity contribution >= 4 is 11.5 Å². The maximum Gasteiger partial charge on any atom is 0.138 e. The highest BCUT2D eigenvalue weighted by molar-refractivity contribution is 5.52. The molecule has 17 heavy (non-hydrogen) atoms. The third-order valence-electron chi connectivity index (χ3n) is 3.30. The Labute approximate surface area is 101 Å². The van der Waals surface area contributed by atoms with Gasteiger partial charge in [0.15, 0.2) is 0 Å². The van der Waals surface area contributed by atoms with E-state index in [0.717, 1.165) is 25.3 Å². The van der Waals surface area contributed by atoms with Crippen molar-refractivity contribution in [3.8, 4) is 0 Å². The SMILES string of the molecule is CC1(C)CN(c2cccc3nccn23)CCN1. The molecular weight excluding hydrogens is 212 g/mol. The highest BCUT2D eigenvalue weighted by atomic mass is 15.3. The number of aromatic nitrogens is 2. The molecular formula is C13H18N4. The minimum Gasteiger partial charge on any atom is -0.355 e. The van der Waals surface area contributed by atoms with Crippen LogP contribution in [0.4, 0.5) is 5.82 Å². The Morgan fingerprint density at radius 2 is 2.24 bits per heavy atom. The second-order valence-electron chi connectivity index (χ2n) is 5.27. The van der Waals surface area contributed by atoms with Crippen molar-refractivity contribution in [3.05, 3.63) is 30.6 Å². The molecule has 0 bridgehead atoms. The Balaban J connectivity index is 2.00. The summed E-state index contributed by atoms with van der Waals surface area (Å²) in [7, 11) is 0. The van der Waals surface area contributed by atoms with Gasteiger partial charge in [0.1, 0.15) is 11.5 Å². The molecule has 0 amide bonds. The molecule has 0 aromatic carbocycles. The average molecular weight is 230 g/mol. The first-order chi connectivity index (χ1) is 8.16. The smallest absolute Gasteiger partial charge is 0.138 e. The predicted molar refractivity (Wildman–Crippen MR) is 69.5 cm³/mol. The number of pyridine rings is 1. The summed E-state index contributed by atoms with van der Waals surface area (Å²) >= 11 is 0. The van der Waals surface area contributed by atoms with E-state index in [9.17, 15) is 0 Å². The Bertz CT molecular complexity index is 529. The number of nitrogens with zero attached hydrogens (tertiary/aromatic N) is 3. The van der Waals surface area contributed by atoms with Gasteiger partial charge in [0, 0.05) is 37.6 Å². The van der Waals surface area contributed by atoms with Crippen molar-refractivity contribution in [1.29, 1.82) is 0 Å². The number of hydrogen-bond donors (Lipinski definition) is 1. The van der Waals surface area contributed by atoms with Crippen LogP contribution in [-0.2, 0) is 0 Å². The first-order valence-corrected chi connectivity index (χ1v) is 6.08. The van der Waals surface area contributed by atoms with Gasteiger partial charge >= 0.3 is 0 Å². The fourth-order valence-electron chi connectivity index (χ4n) is 2.53. The summed E-state index contributed by atoms with van der Waals surface area (Å²) in [6.07, 6.45) is 3.88. The molecule has 0 radical (unpaired) electrons. The standard InChI is InChI=1S/C13H18N4/c1-13(2)10-16(8-7-15-13)12-5-3-4-11-14-6-9-17(11)12/h3-6,9,15H,7-8,10H2,1-2H3. The number of nitrogens with one attached hydrogen (secondary N) is 1. The summed E-state index contributed by atoms with van der Waals surface area (Å²) in [5.41, 5.74) is 1.18. The van der Waals surface area contributed by atoms with Gasteiger partial charge < -0.3 is 10.2 Å². The van der Waals surface area contributed by atoms with Crippen LogP contribution >= 0.6 is 0 Å². The second-order valence-corrected chi connectivity index (χ2v) is 5.27. The molecule has 1 aliphatic heterocycles. The van der Waals surface area contributed by atoms with E-state index in [0.29, 0.717) is 0 Å². The molecule has 0 spiro atoms. The summed E-state index contributed by atoms with van der Waals surface area (Å²) in [6.45, 7) is 7.57. The van der Waals surface area contributed by atoms with Crippen LogP contribution < -0.4 is 10.2 Å². The van der Waals surface area contributed by atoms with E-state index in [1.807, 2.05) is 18.5 Å². The molecule has 4 nitrogen and oxygen atoms in total. The molecule has 0 atom stereocenters. The quantitative estimate of drug-likeness (QED) is 0.806. The number of anilines is 1. The van der Waals surface area contributed by atoms with E-state index >= 15 is 0 Å². The van der Waals surface area contributed by atoms with Gasteiger partial charge in [-0.25, -0.2) is 4.98 Å². The van der Waals surface area contributed by atoms with Crippen molar-refractivity contribution < 1.29 is 0 Å². The molecule has 3 heterocycles. The molecule has 1 fully saturated rings. The lowest BCUT2D eigenvalue weighted by atomic mass is 10.0. The first-order valence-electron chi connectivity index (χ1n) is 6.08. The largest absolute Gasteiger partial charge is 0.355 e. The average Bonchev–Trinajstić information content (AvgIpc) is 2.75. The Kier molecular flexibility index (Phi) is 2.33. The van der Waals surface area contributed by atoms with Crippen LogP contribution in [0.15, 0.2) is 30.6 Å². The zero-order valence-corrected chi connectivity index (χ0v) is 10.3. The predicted octanol–water partition coefficient (Wildman–Crippen LogP) is 1.52. The van der Waals surface area contributed by atoms with Crippen LogP contribution in [0.3, 0.4) is 0 Å². The topological polar surface area (TPSA) is 32.6 Å². The molecule has 0 unspecified atom stereocenters.